The standard InChI is InChI=1S/C16H38N2Si/c1-8-13-18(14-9-2)15-16(10-3,11-4)17-19(6,7)12-5/h17H,8-15H2,1-7H3. The van der Waals surface area contributed by atoms with Crippen molar-refractivity contribution in [2.45, 2.75) is 85.0 Å². The van der Waals surface area contributed by atoms with E-state index < -0.39 is 8.24 Å². The van der Waals surface area contributed by atoms with Crippen molar-refractivity contribution < 1.29 is 0 Å². The topological polar surface area (TPSA) is 15.3 Å². The molecule has 0 aromatic carbocycles. The Balaban J connectivity index is 4.84. The molecule has 0 saturated heterocycles. The molecule has 19 heavy (non-hydrogen) atoms. The van der Waals surface area contributed by atoms with Gasteiger partial charge in [-0.1, -0.05) is 47.7 Å². The van der Waals surface area contributed by atoms with Crippen molar-refractivity contribution in [2.24, 2.45) is 0 Å². The first kappa shape index (κ1) is 19.1. The van der Waals surface area contributed by atoms with Gasteiger partial charge in [0.15, 0.2) is 0 Å². The van der Waals surface area contributed by atoms with E-state index in [2.05, 4.69) is 57.6 Å². The second-order valence-corrected chi connectivity index (χ2v) is 11.4. The molecule has 0 rings (SSSR count). The van der Waals surface area contributed by atoms with E-state index in [0.29, 0.717) is 5.54 Å². The van der Waals surface area contributed by atoms with Gasteiger partial charge in [0.25, 0.3) is 0 Å². The Labute approximate surface area is 123 Å². The second kappa shape index (κ2) is 9.14. The molecular formula is C16H38N2Si. The summed E-state index contributed by atoms with van der Waals surface area (Å²) in [6.45, 7) is 20.3. The van der Waals surface area contributed by atoms with Crippen LogP contribution in [-0.4, -0.2) is 38.3 Å². The summed E-state index contributed by atoms with van der Waals surface area (Å²) in [5.41, 5.74) is 0.329. The molecule has 0 heterocycles. The molecule has 0 spiro atoms. The fourth-order valence-corrected chi connectivity index (χ4v) is 4.87. The number of hydrogen-bond donors (Lipinski definition) is 1. The van der Waals surface area contributed by atoms with Gasteiger partial charge in [0, 0.05) is 12.1 Å². The van der Waals surface area contributed by atoms with Gasteiger partial charge in [-0.2, -0.15) is 0 Å². The summed E-state index contributed by atoms with van der Waals surface area (Å²) in [6.07, 6.45) is 5.00. The van der Waals surface area contributed by atoms with Crippen LogP contribution in [0.3, 0.4) is 0 Å². The third kappa shape index (κ3) is 6.91. The summed E-state index contributed by atoms with van der Waals surface area (Å²) in [5.74, 6) is 0. The Morgan fingerprint density at radius 2 is 1.37 bits per heavy atom. The largest absolute Gasteiger partial charge is 0.331 e. The minimum atomic E-state index is -1.24. The normalized spacial score (nSPS) is 13.3. The van der Waals surface area contributed by atoms with Crippen molar-refractivity contribution in [3.05, 3.63) is 0 Å². The number of hydrogen-bond acceptors (Lipinski definition) is 2. The van der Waals surface area contributed by atoms with Crippen molar-refractivity contribution >= 4 is 8.24 Å². The lowest BCUT2D eigenvalue weighted by atomic mass is 9.93. The van der Waals surface area contributed by atoms with Crippen LogP contribution in [0, 0.1) is 0 Å². The van der Waals surface area contributed by atoms with Crippen LogP contribution in [0.15, 0.2) is 0 Å². The zero-order valence-corrected chi connectivity index (χ0v) is 15.6. The van der Waals surface area contributed by atoms with Crippen molar-refractivity contribution in [1.82, 2.24) is 9.88 Å². The first-order valence-corrected chi connectivity index (χ1v) is 11.6. The van der Waals surface area contributed by atoms with E-state index in [-0.39, 0.29) is 0 Å². The Kier molecular flexibility index (Phi) is 9.21. The van der Waals surface area contributed by atoms with E-state index >= 15 is 0 Å². The molecule has 0 aliphatic heterocycles. The fourth-order valence-electron chi connectivity index (χ4n) is 2.83. The predicted molar refractivity (Wildman–Crippen MR) is 91.4 cm³/mol. The van der Waals surface area contributed by atoms with Gasteiger partial charge in [-0.3, -0.25) is 0 Å². The van der Waals surface area contributed by atoms with Gasteiger partial charge >= 0.3 is 0 Å². The van der Waals surface area contributed by atoms with Gasteiger partial charge in [0.2, 0.25) is 0 Å². The lowest BCUT2D eigenvalue weighted by Gasteiger charge is -2.43. The maximum atomic E-state index is 4.10. The molecule has 3 heteroatoms. The molecule has 2 nitrogen and oxygen atoms in total. The van der Waals surface area contributed by atoms with Gasteiger partial charge < -0.3 is 9.88 Å². The monoisotopic (exact) mass is 286 g/mol. The highest BCUT2D eigenvalue weighted by molar-refractivity contribution is 6.75. The Morgan fingerprint density at radius 1 is 0.895 bits per heavy atom. The first-order chi connectivity index (χ1) is 8.88. The lowest BCUT2D eigenvalue weighted by Crippen LogP contribution is -2.62. The van der Waals surface area contributed by atoms with Crippen LogP contribution in [0.1, 0.15) is 60.3 Å². The summed E-state index contributed by atoms with van der Waals surface area (Å²) < 4.78 is 0. The highest BCUT2D eigenvalue weighted by Crippen LogP contribution is 2.22. The molecule has 0 saturated carbocycles. The quantitative estimate of drug-likeness (QED) is 0.563. The molecule has 0 aromatic rings. The fraction of sp³-hybridized carbons (Fsp3) is 1.00. The minimum Gasteiger partial charge on any atom is -0.331 e. The predicted octanol–water partition coefficient (Wildman–Crippen LogP) is 4.48. The molecule has 0 fully saturated rings. The van der Waals surface area contributed by atoms with E-state index in [1.165, 1.54) is 51.4 Å². The van der Waals surface area contributed by atoms with Gasteiger partial charge in [-0.15, -0.1) is 0 Å². The number of nitrogens with zero attached hydrogens (tertiary/aromatic N) is 1. The summed E-state index contributed by atoms with van der Waals surface area (Å²) in [5, 5.41) is 0. The molecular weight excluding hydrogens is 248 g/mol. The molecule has 0 aliphatic rings. The van der Waals surface area contributed by atoms with Gasteiger partial charge in [-0.05, 0) is 44.8 Å². The number of nitrogens with one attached hydrogen (secondary N) is 1. The molecule has 0 unspecified atom stereocenters. The Morgan fingerprint density at radius 3 is 1.68 bits per heavy atom. The smallest absolute Gasteiger partial charge is 0.119 e. The average molecular weight is 287 g/mol. The van der Waals surface area contributed by atoms with Crippen LogP contribution in [0.25, 0.3) is 0 Å². The van der Waals surface area contributed by atoms with Crippen molar-refractivity contribution in [2.75, 3.05) is 19.6 Å². The third-order valence-electron chi connectivity index (χ3n) is 4.45. The van der Waals surface area contributed by atoms with Crippen LogP contribution in [-0.2, 0) is 0 Å². The lowest BCUT2D eigenvalue weighted by molar-refractivity contribution is 0.185. The van der Waals surface area contributed by atoms with Crippen molar-refractivity contribution in [1.29, 1.82) is 0 Å². The highest BCUT2D eigenvalue weighted by Gasteiger charge is 2.34. The summed E-state index contributed by atoms with van der Waals surface area (Å²) in [4.78, 5) is 6.77. The molecule has 0 amide bonds. The summed E-state index contributed by atoms with van der Waals surface area (Å²) in [7, 11) is -1.24. The van der Waals surface area contributed by atoms with Crippen LogP contribution < -0.4 is 4.98 Å². The molecule has 0 aromatic heterocycles. The van der Waals surface area contributed by atoms with Crippen molar-refractivity contribution in [3.8, 4) is 0 Å². The van der Waals surface area contributed by atoms with Crippen LogP contribution in [0.5, 0.6) is 0 Å². The van der Waals surface area contributed by atoms with Crippen LogP contribution >= 0.6 is 0 Å². The van der Waals surface area contributed by atoms with E-state index in [0.717, 1.165) is 0 Å². The maximum absolute atomic E-state index is 4.10. The summed E-state index contributed by atoms with van der Waals surface area (Å²) >= 11 is 0. The minimum absolute atomic E-state index is 0.329. The molecule has 0 aliphatic carbocycles. The van der Waals surface area contributed by atoms with E-state index in [9.17, 15) is 0 Å². The van der Waals surface area contributed by atoms with E-state index in [1.807, 2.05) is 0 Å². The number of rotatable bonds is 11. The third-order valence-corrected chi connectivity index (χ3v) is 7.42. The Bertz CT molecular complexity index is 219. The molecule has 0 bridgehead atoms. The molecule has 0 radical (unpaired) electrons. The first-order valence-electron chi connectivity index (χ1n) is 8.40. The zero-order chi connectivity index (χ0) is 14.9. The van der Waals surface area contributed by atoms with Crippen LogP contribution in [0.2, 0.25) is 19.1 Å². The maximum Gasteiger partial charge on any atom is 0.119 e. The SMILES string of the molecule is CCCN(CCC)CC(CC)(CC)N[Si](C)(C)CC. The van der Waals surface area contributed by atoms with Gasteiger partial charge in [0.05, 0.1) is 0 Å². The summed E-state index contributed by atoms with van der Waals surface area (Å²) in [6, 6.07) is 1.32. The van der Waals surface area contributed by atoms with Crippen molar-refractivity contribution in [3.63, 3.8) is 0 Å². The molecule has 1 N–H and O–H groups in total. The highest BCUT2D eigenvalue weighted by atomic mass is 28.3. The van der Waals surface area contributed by atoms with Gasteiger partial charge in [0.1, 0.15) is 8.24 Å². The van der Waals surface area contributed by atoms with E-state index in [4.69, 9.17) is 0 Å². The zero-order valence-electron chi connectivity index (χ0n) is 14.6. The average Bonchev–Trinajstić information content (AvgIpc) is 2.38. The second-order valence-electron chi connectivity index (χ2n) is 6.63. The Hall–Kier alpha value is 0.137. The van der Waals surface area contributed by atoms with E-state index in [1.54, 1.807) is 0 Å². The van der Waals surface area contributed by atoms with Gasteiger partial charge in [-0.25, -0.2) is 0 Å². The molecule has 116 valence electrons. The molecule has 0 atom stereocenters. The van der Waals surface area contributed by atoms with Crippen LogP contribution in [0.4, 0.5) is 0 Å².